The minimum atomic E-state index is -0.345. The maximum atomic E-state index is 13.4. The molecular weight excluding hydrogens is 469 g/mol. The lowest BCUT2D eigenvalue weighted by Gasteiger charge is -2.11. The smallest absolute Gasteiger partial charge is 0.319 e. The van der Waals surface area contributed by atoms with Crippen LogP contribution in [0.2, 0.25) is 0 Å². The molecule has 0 radical (unpaired) electrons. The van der Waals surface area contributed by atoms with E-state index < -0.39 is 0 Å². The number of carbonyl (C=O) groups excluding carboxylic acids is 2. The average Bonchev–Trinajstić information content (AvgIpc) is 3.23. The number of rotatable bonds is 6. The van der Waals surface area contributed by atoms with E-state index in [0.29, 0.717) is 23.5 Å². The molecule has 1 heterocycles. The fourth-order valence-corrected chi connectivity index (χ4v) is 4.08. The van der Waals surface area contributed by atoms with E-state index >= 15 is 0 Å². The van der Waals surface area contributed by atoms with E-state index in [9.17, 15) is 14.0 Å². The van der Waals surface area contributed by atoms with Crippen molar-refractivity contribution in [3.05, 3.63) is 120 Å². The average molecular weight is 494 g/mol. The molecule has 0 bridgehead atoms. The summed E-state index contributed by atoms with van der Waals surface area (Å²) in [6, 6.07) is 27.6. The number of hydrogen-bond acceptors (Lipinski definition) is 3. The number of halogens is 1. The predicted molar refractivity (Wildman–Crippen MR) is 142 cm³/mol. The van der Waals surface area contributed by atoms with Crippen LogP contribution in [0.3, 0.4) is 0 Å². The van der Waals surface area contributed by atoms with Crippen LogP contribution in [0.25, 0.3) is 16.7 Å². The molecule has 37 heavy (non-hydrogen) atoms. The van der Waals surface area contributed by atoms with Crippen molar-refractivity contribution < 1.29 is 14.0 Å². The van der Waals surface area contributed by atoms with Gasteiger partial charge in [-0.3, -0.25) is 9.36 Å². The van der Waals surface area contributed by atoms with Crippen LogP contribution in [0.1, 0.15) is 21.7 Å². The maximum Gasteiger partial charge on any atom is 0.319 e. The molecule has 3 N–H and O–H groups in total. The van der Waals surface area contributed by atoms with Gasteiger partial charge in [-0.15, -0.1) is 0 Å². The van der Waals surface area contributed by atoms with E-state index in [4.69, 9.17) is 0 Å². The van der Waals surface area contributed by atoms with Gasteiger partial charge in [0.15, 0.2) is 0 Å². The zero-order valence-electron chi connectivity index (χ0n) is 20.0. The van der Waals surface area contributed by atoms with Crippen molar-refractivity contribution in [2.24, 2.45) is 0 Å². The highest BCUT2D eigenvalue weighted by Gasteiger charge is 2.14. The molecule has 0 atom stereocenters. The lowest BCUT2D eigenvalue weighted by Crippen LogP contribution is -2.28. The molecule has 0 aliphatic rings. The van der Waals surface area contributed by atoms with Crippen LogP contribution in [0.15, 0.2) is 97.1 Å². The summed E-state index contributed by atoms with van der Waals surface area (Å²) in [5, 5.41) is 8.47. The SMILES string of the molecule is Cc1nc2ccc(C(=O)Nc3cccc(NC(=O)NCc4ccccc4)c3)cc2n1-c1ccc(F)cc1. The normalized spacial score (nSPS) is 10.8. The lowest BCUT2D eigenvalue weighted by atomic mass is 10.1. The van der Waals surface area contributed by atoms with Crippen LogP contribution in [0.4, 0.5) is 20.6 Å². The van der Waals surface area contributed by atoms with Crippen molar-refractivity contribution in [3.8, 4) is 5.69 Å². The number of aryl methyl sites for hydroxylation is 1. The van der Waals surface area contributed by atoms with Crippen molar-refractivity contribution in [2.45, 2.75) is 13.5 Å². The summed E-state index contributed by atoms with van der Waals surface area (Å²) in [6.07, 6.45) is 0. The first-order valence-electron chi connectivity index (χ1n) is 11.7. The molecule has 0 saturated heterocycles. The summed E-state index contributed by atoms with van der Waals surface area (Å²) >= 11 is 0. The Labute approximate surface area is 213 Å². The highest BCUT2D eigenvalue weighted by molar-refractivity contribution is 6.06. The number of benzene rings is 4. The fourth-order valence-electron chi connectivity index (χ4n) is 4.08. The van der Waals surface area contributed by atoms with Gasteiger partial charge in [0.25, 0.3) is 5.91 Å². The first-order chi connectivity index (χ1) is 18.0. The molecule has 7 nitrogen and oxygen atoms in total. The minimum absolute atomic E-state index is 0.308. The van der Waals surface area contributed by atoms with Gasteiger partial charge in [-0.1, -0.05) is 36.4 Å². The van der Waals surface area contributed by atoms with E-state index in [1.54, 1.807) is 54.6 Å². The second kappa shape index (κ2) is 10.3. The number of fused-ring (bicyclic) bond motifs is 1. The second-order valence-corrected chi connectivity index (χ2v) is 8.50. The number of amides is 3. The van der Waals surface area contributed by atoms with Gasteiger partial charge in [-0.2, -0.15) is 0 Å². The largest absolute Gasteiger partial charge is 0.334 e. The van der Waals surface area contributed by atoms with Gasteiger partial charge in [0, 0.05) is 29.2 Å². The Hall–Kier alpha value is -4.98. The number of anilines is 2. The Balaban J connectivity index is 1.30. The number of hydrogen-bond donors (Lipinski definition) is 3. The third-order valence-corrected chi connectivity index (χ3v) is 5.84. The Morgan fingerprint density at radius 2 is 1.57 bits per heavy atom. The molecule has 0 fully saturated rings. The summed E-state index contributed by atoms with van der Waals surface area (Å²) < 4.78 is 15.3. The molecule has 3 amide bonds. The summed E-state index contributed by atoms with van der Waals surface area (Å²) in [7, 11) is 0. The number of urea groups is 1. The van der Waals surface area contributed by atoms with Crippen molar-refractivity contribution in [3.63, 3.8) is 0 Å². The van der Waals surface area contributed by atoms with Crippen molar-refractivity contribution >= 4 is 34.3 Å². The van der Waals surface area contributed by atoms with Gasteiger partial charge in [0.2, 0.25) is 0 Å². The number of carbonyl (C=O) groups is 2. The summed E-state index contributed by atoms with van der Waals surface area (Å²) in [4.78, 5) is 29.9. The maximum absolute atomic E-state index is 13.4. The molecule has 0 aliphatic heterocycles. The molecule has 4 aromatic carbocycles. The van der Waals surface area contributed by atoms with E-state index in [1.165, 1.54) is 12.1 Å². The van der Waals surface area contributed by atoms with Crippen molar-refractivity contribution in [2.75, 3.05) is 10.6 Å². The molecule has 0 aliphatic carbocycles. The predicted octanol–water partition coefficient (Wildman–Crippen LogP) is 6.05. The van der Waals surface area contributed by atoms with E-state index in [-0.39, 0.29) is 17.8 Å². The number of nitrogens with one attached hydrogen (secondary N) is 3. The first kappa shape index (κ1) is 23.7. The van der Waals surface area contributed by atoms with Crippen LogP contribution >= 0.6 is 0 Å². The Morgan fingerprint density at radius 1 is 0.838 bits per heavy atom. The van der Waals surface area contributed by atoms with Crippen LogP contribution < -0.4 is 16.0 Å². The minimum Gasteiger partial charge on any atom is -0.334 e. The van der Waals surface area contributed by atoms with E-state index in [2.05, 4.69) is 20.9 Å². The van der Waals surface area contributed by atoms with Gasteiger partial charge in [0.1, 0.15) is 11.6 Å². The van der Waals surface area contributed by atoms with Crippen LogP contribution in [0, 0.1) is 12.7 Å². The Morgan fingerprint density at radius 3 is 2.32 bits per heavy atom. The molecule has 0 saturated carbocycles. The third-order valence-electron chi connectivity index (χ3n) is 5.84. The quantitative estimate of drug-likeness (QED) is 0.269. The van der Waals surface area contributed by atoms with Gasteiger partial charge in [0.05, 0.1) is 11.0 Å². The van der Waals surface area contributed by atoms with Crippen molar-refractivity contribution in [1.82, 2.24) is 14.9 Å². The monoisotopic (exact) mass is 493 g/mol. The highest BCUT2D eigenvalue weighted by Crippen LogP contribution is 2.24. The van der Waals surface area contributed by atoms with Crippen LogP contribution in [-0.4, -0.2) is 21.5 Å². The number of nitrogens with zero attached hydrogens (tertiary/aromatic N) is 2. The lowest BCUT2D eigenvalue weighted by molar-refractivity contribution is 0.102. The number of aromatic nitrogens is 2. The van der Waals surface area contributed by atoms with Crippen molar-refractivity contribution in [1.29, 1.82) is 0 Å². The second-order valence-electron chi connectivity index (χ2n) is 8.50. The molecule has 1 aromatic heterocycles. The molecule has 0 unspecified atom stereocenters. The molecular formula is C29H24FN5O2. The highest BCUT2D eigenvalue weighted by atomic mass is 19.1. The zero-order valence-corrected chi connectivity index (χ0v) is 20.0. The number of imidazole rings is 1. The molecule has 5 rings (SSSR count). The Bertz CT molecular complexity index is 1580. The fraction of sp³-hybridized carbons (Fsp3) is 0.0690. The molecule has 0 spiro atoms. The van der Waals surface area contributed by atoms with Gasteiger partial charge < -0.3 is 16.0 Å². The summed E-state index contributed by atoms with van der Waals surface area (Å²) in [5.41, 5.74) is 4.73. The summed E-state index contributed by atoms with van der Waals surface area (Å²) in [5.74, 6) is 0.0943. The van der Waals surface area contributed by atoms with Gasteiger partial charge >= 0.3 is 6.03 Å². The van der Waals surface area contributed by atoms with E-state index in [0.717, 1.165) is 28.1 Å². The van der Waals surface area contributed by atoms with Gasteiger partial charge in [-0.25, -0.2) is 14.2 Å². The first-order valence-corrected chi connectivity index (χ1v) is 11.7. The van der Waals surface area contributed by atoms with E-state index in [1.807, 2.05) is 41.8 Å². The standard InChI is InChI=1S/C29H24FN5O2/c1-19-32-26-15-10-21(16-27(26)35(19)25-13-11-22(30)12-14-25)28(36)33-23-8-5-9-24(17-23)34-29(37)31-18-20-6-3-2-4-7-20/h2-17H,18H2,1H3,(H,33,36)(H2,31,34,37). The topological polar surface area (TPSA) is 88.1 Å². The Kier molecular flexibility index (Phi) is 6.63. The zero-order chi connectivity index (χ0) is 25.8. The van der Waals surface area contributed by atoms with Gasteiger partial charge in [-0.05, 0) is 73.2 Å². The van der Waals surface area contributed by atoms with Crippen LogP contribution in [0.5, 0.6) is 0 Å². The third kappa shape index (κ3) is 5.48. The molecule has 5 aromatic rings. The summed E-state index contributed by atoms with van der Waals surface area (Å²) in [6.45, 7) is 2.26. The molecule has 184 valence electrons. The molecule has 8 heteroatoms. The van der Waals surface area contributed by atoms with Crippen LogP contribution in [-0.2, 0) is 6.54 Å².